The quantitative estimate of drug-likeness (QED) is 0.199. The van der Waals surface area contributed by atoms with Crippen molar-refractivity contribution in [2.45, 2.75) is 88.9 Å². The van der Waals surface area contributed by atoms with E-state index in [4.69, 9.17) is 0 Å². The number of hydrogen-bond acceptors (Lipinski definition) is 2. The van der Waals surface area contributed by atoms with Crippen molar-refractivity contribution in [1.82, 2.24) is 4.31 Å². The van der Waals surface area contributed by atoms with E-state index in [9.17, 15) is 8.42 Å². The zero-order chi connectivity index (χ0) is 22.2. The third-order valence-electron chi connectivity index (χ3n) is 6.90. The van der Waals surface area contributed by atoms with Gasteiger partial charge < -0.3 is 0 Å². The summed E-state index contributed by atoms with van der Waals surface area (Å²) in [7, 11) is -3.43. The van der Waals surface area contributed by atoms with Gasteiger partial charge in [-0.15, -0.1) is 0 Å². The first-order valence-corrected chi connectivity index (χ1v) is 21.5. The first-order valence-electron chi connectivity index (χ1n) is 12.0. The summed E-state index contributed by atoms with van der Waals surface area (Å²) in [5, 5.41) is 0. The molecule has 0 radical (unpaired) electrons. The maximum absolute atomic E-state index is 13.2. The summed E-state index contributed by atoms with van der Waals surface area (Å²) in [4.78, 5) is 0.416. The van der Waals surface area contributed by atoms with E-state index < -0.39 is 28.4 Å². The van der Waals surface area contributed by atoms with Crippen LogP contribution in [-0.4, -0.2) is 44.2 Å². The summed E-state index contributed by atoms with van der Waals surface area (Å²) in [6.07, 6.45) is 7.89. The molecule has 0 amide bonds. The summed E-state index contributed by atoms with van der Waals surface area (Å²) in [6.45, 7) is 14.4. The molecule has 0 aromatic heterocycles. The molecule has 1 aromatic rings. The maximum atomic E-state index is 13.2. The molecule has 1 fully saturated rings. The van der Waals surface area contributed by atoms with Gasteiger partial charge in [0.1, 0.15) is 0 Å². The molecule has 1 aliphatic rings. The third-order valence-corrected chi connectivity index (χ3v) is 24.7. The minimum absolute atomic E-state index is 0.367. The van der Waals surface area contributed by atoms with Crippen molar-refractivity contribution < 1.29 is 8.42 Å². The molecule has 0 N–H and O–H groups in total. The first kappa shape index (κ1) is 25.9. The van der Waals surface area contributed by atoms with Crippen molar-refractivity contribution in [1.29, 1.82) is 0 Å². The van der Waals surface area contributed by atoms with Crippen LogP contribution in [0.5, 0.6) is 0 Å². The monoisotopic (exact) mass is 541 g/mol. The predicted octanol–water partition coefficient (Wildman–Crippen LogP) is 7.02. The van der Waals surface area contributed by atoms with E-state index in [0.717, 1.165) is 11.1 Å². The van der Waals surface area contributed by atoms with Gasteiger partial charge in [0.05, 0.1) is 0 Å². The van der Waals surface area contributed by atoms with Gasteiger partial charge in [-0.3, -0.25) is 0 Å². The van der Waals surface area contributed by atoms with E-state index in [2.05, 4.69) is 27.4 Å². The molecule has 3 nitrogen and oxygen atoms in total. The second-order valence-corrected chi connectivity index (χ2v) is 25.4. The van der Waals surface area contributed by atoms with E-state index >= 15 is 0 Å². The van der Waals surface area contributed by atoms with Crippen molar-refractivity contribution in [2.75, 3.05) is 13.1 Å². The van der Waals surface area contributed by atoms with Crippen LogP contribution in [0.3, 0.4) is 0 Å². The van der Waals surface area contributed by atoms with Crippen LogP contribution in [0.15, 0.2) is 41.3 Å². The van der Waals surface area contributed by atoms with Crippen molar-refractivity contribution in [3.8, 4) is 0 Å². The van der Waals surface area contributed by atoms with Crippen LogP contribution in [0.2, 0.25) is 17.7 Å². The van der Waals surface area contributed by atoms with Crippen LogP contribution in [-0.2, 0) is 10.0 Å². The summed E-state index contributed by atoms with van der Waals surface area (Å²) in [6, 6.07) is 7.26. The van der Waals surface area contributed by atoms with Crippen molar-refractivity contribution in [3.05, 3.63) is 42.0 Å². The number of aryl methyl sites for hydroxylation is 1. The van der Waals surface area contributed by atoms with Gasteiger partial charge in [0.25, 0.3) is 0 Å². The Morgan fingerprint density at radius 1 is 0.967 bits per heavy atom. The second kappa shape index (κ2) is 12.1. The van der Waals surface area contributed by atoms with Crippen LogP contribution in [0.4, 0.5) is 0 Å². The predicted molar refractivity (Wildman–Crippen MR) is 132 cm³/mol. The van der Waals surface area contributed by atoms with Crippen LogP contribution in [0, 0.1) is 12.8 Å². The summed E-state index contributed by atoms with van der Waals surface area (Å²) < 4.78 is 33.9. The van der Waals surface area contributed by atoms with Crippen molar-refractivity contribution in [2.24, 2.45) is 5.92 Å². The third kappa shape index (κ3) is 6.83. The Morgan fingerprint density at radius 2 is 1.47 bits per heavy atom. The van der Waals surface area contributed by atoms with Crippen LogP contribution in [0.25, 0.3) is 0 Å². The number of benzene rings is 1. The molecular formula is C25H43NO2SSn. The Balaban J connectivity index is 2.19. The summed E-state index contributed by atoms with van der Waals surface area (Å²) >= 11 is -2.32. The molecule has 0 saturated carbocycles. The van der Waals surface area contributed by atoms with Gasteiger partial charge in [-0.1, -0.05) is 0 Å². The molecule has 1 atom stereocenters. The van der Waals surface area contributed by atoms with Crippen LogP contribution >= 0.6 is 0 Å². The first-order chi connectivity index (χ1) is 14.3. The van der Waals surface area contributed by atoms with Gasteiger partial charge in [0.2, 0.25) is 0 Å². The average molecular weight is 540 g/mol. The van der Waals surface area contributed by atoms with Gasteiger partial charge in [-0.25, -0.2) is 0 Å². The molecule has 1 aromatic carbocycles. The molecule has 1 saturated heterocycles. The zero-order valence-corrected chi connectivity index (χ0v) is 23.4. The Morgan fingerprint density at radius 3 is 1.93 bits per heavy atom. The molecule has 2 rings (SSSR count). The Hall–Kier alpha value is -0.331. The van der Waals surface area contributed by atoms with Gasteiger partial charge in [0.15, 0.2) is 0 Å². The molecule has 1 unspecified atom stereocenters. The SMILES string of the molecule is C=C1CN(S(=O)(=O)c2ccc(C)cc2)CC1[CH2][Sn]([CH2]CCC)([CH2]CCC)[CH2]CCC. The molecule has 1 heterocycles. The molecule has 0 bridgehead atoms. The molecule has 1 aliphatic heterocycles. The Labute approximate surface area is 190 Å². The van der Waals surface area contributed by atoms with Gasteiger partial charge >= 0.3 is 191 Å². The fourth-order valence-electron chi connectivity index (χ4n) is 4.91. The molecule has 170 valence electrons. The molecule has 0 spiro atoms. The van der Waals surface area contributed by atoms with Gasteiger partial charge in [0, 0.05) is 0 Å². The molecular weight excluding hydrogens is 497 g/mol. The molecule has 30 heavy (non-hydrogen) atoms. The van der Waals surface area contributed by atoms with Crippen molar-refractivity contribution in [3.63, 3.8) is 0 Å². The number of sulfonamides is 1. The fraction of sp³-hybridized carbons (Fsp3) is 0.680. The van der Waals surface area contributed by atoms with Gasteiger partial charge in [-0.05, 0) is 0 Å². The van der Waals surface area contributed by atoms with E-state index in [1.54, 1.807) is 16.4 Å². The van der Waals surface area contributed by atoms with Gasteiger partial charge in [-0.2, -0.15) is 0 Å². The Kier molecular flexibility index (Phi) is 10.4. The Bertz CT molecular complexity index is 751. The van der Waals surface area contributed by atoms with Crippen molar-refractivity contribution >= 4 is 28.4 Å². The standard InChI is InChI=1S/C13H16NO2S.3C4H9.Sn/c1-10-4-6-13(7-5-10)17(15,16)14-8-11(2)12(3)9-14;3*1-3-4-2;/h4-7,11H,2-3,8-9H2,1H3;3*1,3-4H2,2H3;. The van der Waals surface area contributed by atoms with Crippen LogP contribution in [0.1, 0.15) is 64.9 Å². The minimum atomic E-state index is -3.43. The van der Waals surface area contributed by atoms with E-state index in [1.807, 2.05) is 19.1 Å². The van der Waals surface area contributed by atoms with E-state index in [1.165, 1.54) is 56.3 Å². The number of rotatable bonds is 13. The van der Waals surface area contributed by atoms with E-state index in [0.29, 0.717) is 23.9 Å². The number of unbranched alkanes of at least 4 members (excludes halogenated alkanes) is 3. The number of nitrogens with zero attached hydrogens (tertiary/aromatic N) is 1. The topological polar surface area (TPSA) is 37.4 Å². The summed E-state index contributed by atoms with van der Waals surface area (Å²) in [5.41, 5.74) is 2.23. The number of hydrogen-bond donors (Lipinski definition) is 0. The molecule has 5 heteroatoms. The van der Waals surface area contributed by atoms with Crippen LogP contribution < -0.4 is 0 Å². The normalized spacial score (nSPS) is 18.3. The summed E-state index contributed by atoms with van der Waals surface area (Å²) in [5.74, 6) is 0.367. The average Bonchev–Trinajstić information content (AvgIpc) is 3.10. The molecule has 0 aliphatic carbocycles. The fourth-order valence-corrected chi connectivity index (χ4v) is 23.9. The zero-order valence-electron chi connectivity index (χ0n) is 19.8. The second-order valence-electron chi connectivity index (χ2n) is 9.48. The van der Waals surface area contributed by atoms with E-state index in [-0.39, 0.29) is 0 Å².